The topological polar surface area (TPSA) is 49.3 Å². The molecule has 0 aliphatic rings. The van der Waals surface area contributed by atoms with Gasteiger partial charge in [-0.25, -0.2) is 0 Å². The van der Waals surface area contributed by atoms with Crippen molar-refractivity contribution in [3.63, 3.8) is 0 Å². The molecule has 3 nitrogen and oxygen atoms in total. The van der Waals surface area contributed by atoms with E-state index in [0.29, 0.717) is 13.0 Å². The smallest absolute Gasteiger partial charge is 0.234 e. The predicted molar refractivity (Wildman–Crippen MR) is 44.6 cm³/mol. The van der Waals surface area contributed by atoms with Gasteiger partial charge >= 0.3 is 0 Å². The minimum atomic E-state index is -0.289. The molecule has 0 spiro atoms. The fourth-order valence-electron chi connectivity index (χ4n) is 0.673. The van der Waals surface area contributed by atoms with E-state index in [4.69, 9.17) is 16.7 Å². The lowest BCUT2D eigenvalue weighted by atomic mass is 10.2. The van der Waals surface area contributed by atoms with Gasteiger partial charge in [-0.05, 0) is 19.8 Å². The Morgan fingerprint density at radius 1 is 1.73 bits per heavy atom. The van der Waals surface area contributed by atoms with Gasteiger partial charge in [0, 0.05) is 6.54 Å². The number of carbonyl (C=O) groups excluding carboxylic acids is 1. The Kier molecular flexibility index (Phi) is 6.27. The largest absolute Gasteiger partial charge is 0.393 e. The van der Waals surface area contributed by atoms with Gasteiger partial charge in [0.15, 0.2) is 0 Å². The number of aliphatic hydroxyl groups excluding tert-OH is 1. The molecule has 1 unspecified atom stereocenters. The highest BCUT2D eigenvalue weighted by Crippen LogP contribution is 1.93. The molecular weight excluding hydrogens is 166 g/mol. The standard InChI is InChI=1S/C7H14ClNO2/c1-6(10)3-2-4-9-7(11)5-8/h6,10H,2-5H2,1H3,(H,9,11). The fraction of sp³-hybridized carbons (Fsp3) is 0.857. The van der Waals surface area contributed by atoms with Gasteiger partial charge in [-0.2, -0.15) is 0 Å². The summed E-state index contributed by atoms with van der Waals surface area (Å²) in [6.07, 6.45) is 1.21. The van der Waals surface area contributed by atoms with Crippen LogP contribution in [-0.4, -0.2) is 29.5 Å². The summed E-state index contributed by atoms with van der Waals surface area (Å²) in [5, 5.41) is 11.4. The van der Waals surface area contributed by atoms with Crippen LogP contribution in [0.1, 0.15) is 19.8 Å². The molecule has 0 aliphatic heterocycles. The molecule has 0 radical (unpaired) electrons. The van der Waals surface area contributed by atoms with Crippen molar-refractivity contribution in [1.82, 2.24) is 5.32 Å². The first kappa shape index (κ1) is 10.7. The molecule has 1 atom stereocenters. The van der Waals surface area contributed by atoms with Gasteiger partial charge in [-0.15, -0.1) is 11.6 Å². The summed E-state index contributed by atoms with van der Waals surface area (Å²) < 4.78 is 0. The van der Waals surface area contributed by atoms with E-state index in [9.17, 15) is 4.79 Å². The summed E-state index contributed by atoms with van der Waals surface area (Å²) in [5.41, 5.74) is 0. The zero-order valence-electron chi connectivity index (χ0n) is 6.64. The van der Waals surface area contributed by atoms with Crippen LogP contribution in [0.5, 0.6) is 0 Å². The van der Waals surface area contributed by atoms with Gasteiger partial charge in [0.25, 0.3) is 0 Å². The molecule has 0 bridgehead atoms. The Balaban J connectivity index is 3.08. The molecule has 0 aromatic rings. The van der Waals surface area contributed by atoms with Crippen LogP contribution in [-0.2, 0) is 4.79 Å². The van der Waals surface area contributed by atoms with E-state index in [1.54, 1.807) is 6.92 Å². The van der Waals surface area contributed by atoms with Crippen molar-refractivity contribution < 1.29 is 9.90 Å². The van der Waals surface area contributed by atoms with Crippen LogP contribution < -0.4 is 5.32 Å². The maximum atomic E-state index is 10.6. The summed E-state index contributed by atoms with van der Waals surface area (Å²) in [5.74, 6) is -0.147. The monoisotopic (exact) mass is 179 g/mol. The second kappa shape index (κ2) is 6.43. The van der Waals surface area contributed by atoms with Crippen LogP contribution in [0.25, 0.3) is 0 Å². The van der Waals surface area contributed by atoms with Gasteiger partial charge in [0.1, 0.15) is 5.88 Å². The first-order valence-corrected chi connectivity index (χ1v) is 4.21. The Hall–Kier alpha value is -0.280. The molecule has 0 heterocycles. The van der Waals surface area contributed by atoms with E-state index in [1.807, 2.05) is 0 Å². The van der Waals surface area contributed by atoms with Crippen LogP contribution in [0.3, 0.4) is 0 Å². The van der Waals surface area contributed by atoms with E-state index in [-0.39, 0.29) is 17.9 Å². The van der Waals surface area contributed by atoms with Crippen molar-refractivity contribution >= 4 is 17.5 Å². The number of hydrogen-bond donors (Lipinski definition) is 2. The highest BCUT2D eigenvalue weighted by molar-refractivity contribution is 6.27. The van der Waals surface area contributed by atoms with Gasteiger partial charge in [0.2, 0.25) is 5.91 Å². The number of carbonyl (C=O) groups is 1. The van der Waals surface area contributed by atoms with E-state index in [2.05, 4.69) is 5.32 Å². The van der Waals surface area contributed by atoms with Crippen LogP contribution >= 0.6 is 11.6 Å². The van der Waals surface area contributed by atoms with Crippen molar-refractivity contribution in [2.24, 2.45) is 0 Å². The SMILES string of the molecule is CC(O)CCCNC(=O)CCl. The third kappa shape index (κ3) is 7.62. The first-order chi connectivity index (χ1) is 5.16. The number of amides is 1. The molecule has 0 saturated heterocycles. The quantitative estimate of drug-likeness (QED) is 0.477. The first-order valence-electron chi connectivity index (χ1n) is 3.67. The lowest BCUT2D eigenvalue weighted by Crippen LogP contribution is -2.25. The lowest BCUT2D eigenvalue weighted by Gasteiger charge is -2.04. The number of aliphatic hydroxyl groups is 1. The molecular formula is C7H14ClNO2. The van der Waals surface area contributed by atoms with Crippen LogP contribution in [0, 0.1) is 0 Å². The van der Waals surface area contributed by atoms with Crippen molar-refractivity contribution in [3.05, 3.63) is 0 Å². The highest BCUT2D eigenvalue weighted by Gasteiger charge is 1.98. The minimum Gasteiger partial charge on any atom is -0.393 e. The van der Waals surface area contributed by atoms with Crippen molar-refractivity contribution in [2.75, 3.05) is 12.4 Å². The average molecular weight is 180 g/mol. The molecule has 0 aromatic carbocycles. The summed E-state index contributed by atoms with van der Waals surface area (Å²) >= 11 is 5.23. The normalized spacial score (nSPS) is 12.6. The van der Waals surface area contributed by atoms with Crippen LogP contribution in [0.4, 0.5) is 0 Å². The zero-order valence-corrected chi connectivity index (χ0v) is 7.40. The molecule has 66 valence electrons. The number of halogens is 1. The van der Waals surface area contributed by atoms with Gasteiger partial charge in [-0.3, -0.25) is 4.79 Å². The third-order valence-electron chi connectivity index (χ3n) is 1.24. The highest BCUT2D eigenvalue weighted by atomic mass is 35.5. The molecule has 0 fully saturated rings. The molecule has 4 heteroatoms. The number of rotatable bonds is 5. The molecule has 0 aliphatic carbocycles. The molecule has 1 amide bonds. The second-order valence-corrected chi connectivity index (χ2v) is 2.74. The van der Waals surface area contributed by atoms with Gasteiger partial charge < -0.3 is 10.4 Å². The molecule has 2 N–H and O–H groups in total. The lowest BCUT2D eigenvalue weighted by molar-refractivity contribution is -0.118. The Labute approximate surface area is 71.7 Å². The summed E-state index contributed by atoms with van der Waals surface area (Å²) in [6, 6.07) is 0. The number of alkyl halides is 1. The number of hydrogen-bond acceptors (Lipinski definition) is 2. The summed E-state index contributed by atoms with van der Waals surface area (Å²) in [4.78, 5) is 10.6. The molecule has 0 rings (SSSR count). The maximum Gasteiger partial charge on any atom is 0.234 e. The summed E-state index contributed by atoms with van der Waals surface area (Å²) in [6.45, 7) is 2.32. The predicted octanol–water partition coefficient (Wildman–Crippen LogP) is 0.502. The Morgan fingerprint density at radius 3 is 2.82 bits per heavy atom. The van der Waals surface area contributed by atoms with Crippen molar-refractivity contribution in [3.8, 4) is 0 Å². The van der Waals surface area contributed by atoms with E-state index in [0.717, 1.165) is 6.42 Å². The van der Waals surface area contributed by atoms with E-state index >= 15 is 0 Å². The molecule has 0 aromatic heterocycles. The Morgan fingerprint density at radius 2 is 2.36 bits per heavy atom. The number of nitrogens with one attached hydrogen (secondary N) is 1. The Bertz CT molecular complexity index is 117. The van der Waals surface area contributed by atoms with Crippen molar-refractivity contribution in [2.45, 2.75) is 25.9 Å². The second-order valence-electron chi connectivity index (χ2n) is 2.47. The van der Waals surface area contributed by atoms with E-state index < -0.39 is 0 Å². The fourth-order valence-corrected chi connectivity index (χ4v) is 0.767. The van der Waals surface area contributed by atoms with Gasteiger partial charge in [-0.1, -0.05) is 0 Å². The molecule has 11 heavy (non-hydrogen) atoms. The summed E-state index contributed by atoms with van der Waals surface area (Å²) in [7, 11) is 0. The van der Waals surface area contributed by atoms with Gasteiger partial charge in [0.05, 0.1) is 6.10 Å². The van der Waals surface area contributed by atoms with Crippen LogP contribution in [0.15, 0.2) is 0 Å². The average Bonchev–Trinajstić information content (AvgIpc) is 1.97. The van der Waals surface area contributed by atoms with Crippen LogP contribution in [0.2, 0.25) is 0 Å². The van der Waals surface area contributed by atoms with E-state index in [1.165, 1.54) is 0 Å². The zero-order chi connectivity index (χ0) is 8.69. The molecule has 0 saturated carbocycles. The minimum absolute atomic E-state index is 0.00861. The van der Waals surface area contributed by atoms with Crippen molar-refractivity contribution in [1.29, 1.82) is 0 Å². The maximum absolute atomic E-state index is 10.6. The third-order valence-corrected chi connectivity index (χ3v) is 1.48.